The molecule has 290 valence electrons. The number of hydrogen-bond acceptors (Lipinski definition) is 11. The summed E-state index contributed by atoms with van der Waals surface area (Å²) in [6, 6.07) is 18.6. The number of benzene rings is 2. The van der Waals surface area contributed by atoms with Crippen LogP contribution in [0.5, 0.6) is 11.6 Å². The molecule has 0 amide bonds. The van der Waals surface area contributed by atoms with Crippen molar-refractivity contribution in [3.63, 3.8) is 0 Å². The van der Waals surface area contributed by atoms with Gasteiger partial charge in [-0.25, -0.2) is 4.98 Å². The van der Waals surface area contributed by atoms with Gasteiger partial charge in [-0.05, 0) is 74.2 Å². The lowest BCUT2D eigenvalue weighted by atomic mass is 9.57. The zero-order valence-electron chi connectivity index (χ0n) is 32.7. The molecule has 0 radical (unpaired) electrons. The number of ketones is 2. The number of halogens is 1. The fraction of sp³-hybridized carbons (Fsp3) is 0.429. The molecule has 4 aromatic rings. The summed E-state index contributed by atoms with van der Waals surface area (Å²) in [6.45, 7) is 13.0. The Morgan fingerprint density at radius 3 is 2.18 bits per heavy atom. The summed E-state index contributed by atoms with van der Waals surface area (Å²) in [6.07, 6.45) is 0.593. The summed E-state index contributed by atoms with van der Waals surface area (Å²) in [5.41, 5.74) is 0.826. The Bertz CT molecular complexity index is 2150. The number of nitrogens with zero attached hydrogens (tertiary/aromatic N) is 3. The van der Waals surface area contributed by atoms with Crippen molar-refractivity contribution in [2.24, 2.45) is 11.8 Å². The topological polar surface area (TPSA) is 136 Å². The monoisotopic (exact) mass is 784 g/mol. The van der Waals surface area contributed by atoms with Gasteiger partial charge < -0.3 is 28.8 Å². The molecule has 1 fully saturated rings. The van der Waals surface area contributed by atoms with Gasteiger partial charge in [0, 0.05) is 23.6 Å². The maximum atomic E-state index is 15.8. The maximum absolute atomic E-state index is 15.8. The average molecular weight is 785 g/mol. The molecule has 2 heterocycles. The Kier molecular flexibility index (Phi) is 10.2. The first-order valence-electron chi connectivity index (χ1n) is 18.8. The molecule has 1 saturated carbocycles. The number of ether oxygens (including phenoxy) is 2. The van der Waals surface area contributed by atoms with Gasteiger partial charge in [0.1, 0.15) is 29.7 Å². The number of carbonyl (C=O) groups excluding carboxylic acids is 2. The van der Waals surface area contributed by atoms with E-state index in [1.807, 2.05) is 99.7 Å². The normalized spacial score (nSPS) is 22.2. The highest BCUT2D eigenvalue weighted by Crippen LogP contribution is 2.59. The van der Waals surface area contributed by atoms with Crippen LogP contribution >= 0.6 is 11.6 Å². The van der Waals surface area contributed by atoms with Gasteiger partial charge in [-0.2, -0.15) is 0 Å². The Morgan fingerprint density at radius 1 is 0.982 bits per heavy atom. The minimum absolute atomic E-state index is 0.000731. The number of nitrogens with one attached hydrogen (secondary N) is 1. The molecule has 0 bridgehead atoms. The van der Waals surface area contributed by atoms with Gasteiger partial charge in [-0.1, -0.05) is 93.0 Å². The molecule has 2 N–H and O–H groups in total. The van der Waals surface area contributed by atoms with Gasteiger partial charge in [0.25, 0.3) is 5.88 Å². The van der Waals surface area contributed by atoms with Gasteiger partial charge in [0.2, 0.25) is 11.6 Å². The van der Waals surface area contributed by atoms with Crippen LogP contribution in [-0.2, 0) is 28.9 Å². The van der Waals surface area contributed by atoms with E-state index in [2.05, 4.69) is 36.2 Å². The van der Waals surface area contributed by atoms with E-state index >= 15 is 9.59 Å². The quantitative estimate of drug-likeness (QED) is 0.0860. The van der Waals surface area contributed by atoms with E-state index in [1.54, 1.807) is 0 Å². The third-order valence-electron chi connectivity index (χ3n) is 11.7. The van der Waals surface area contributed by atoms with Crippen LogP contribution < -0.4 is 14.8 Å². The molecule has 0 unspecified atom stereocenters. The Morgan fingerprint density at radius 2 is 1.60 bits per heavy atom. The molecule has 4 atom stereocenters. The number of pyridine rings is 1. The highest BCUT2D eigenvalue weighted by atomic mass is 35.5. The van der Waals surface area contributed by atoms with E-state index in [0.717, 1.165) is 11.1 Å². The van der Waals surface area contributed by atoms with Crippen molar-refractivity contribution < 1.29 is 33.1 Å². The number of aromatic nitrogens is 2. The number of anilines is 1. The summed E-state index contributed by atoms with van der Waals surface area (Å²) in [5, 5.41) is 19.8. The average Bonchev–Trinajstić information content (AvgIpc) is 3.56. The van der Waals surface area contributed by atoms with Crippen molar-refractivity contribution in [3.05, 3.63) is 105 Å². The molecule has 55 heavy (non-hydrogen) atoms. The zero-order valence-corrected chi connectivity index (χ0v) is 34.4. The van der Waals surface area contributed by atoms with Crippen LogP contribution in [0.2, 0.25) is 23.3 Å². The van der Waals surface area contributed by atoms with E-state index in [-0.39, 0.29) is 63.9 Å². The third-order valence-corrected chi connectivity index (χ3v) is 16.4. The molecule has 7 rings (SSSR count). The van der Waals surface area contributed by atoms with E-state index in [4.69, 9.17) is 30.0 Å². The van der Waals surface area contributed by atoms with Crippen LogP contribution in [-0.4, -0.2) is 66.3 Å². The number of aliphatic hydroxyl groups is 1. The van der Waals surface area contributed by atoms with E-state index < -0.39 is 43.4 Å². The minimum Gasteiger partial charge on any atom is -0.507 e. The second-order valence-electron chi connectivity index (χ2n) is 16.4. The standard InChI is InChI=1S/C42H49ClN4O7Si/c1-9-44-39-35(51-22-24-16-12-10-13-17-24)30-27(38(43)45-39)20-26-21-28-32(47(5)6)34-31(40(46-53-34)52-23-25-18-14-11-15-19-25)37(50)42(28,36(49)29(26)33(30)48)54-55(7,8)41(2,3)4/h10-19,26,28,32,48H,9,20-23H2,1-8H3,(H,44,45)/t26-,28-,32-,42-/m0/s1. The van der Waals surface area contributed by atoms with Crippen LogP contribution in [0.15, 0.2) is 70.8 Å². The van der Waals surface area contributed by atoms with E-state index in [9.17, 15) is 5.11 Å². The van der Waals surface area contributed by atoms with Gasteiger partial charge in [-0.15, -0.1) is 0 Å². The fourth-order valence-corrected chi connectivity index (χ4v) is 9.72. The Labute approximate surface area is 328 Å². The van der Waals surface area contributed by atoms with Crippen molar-refractivity contribution in [2.75, 3.05) is 26.0 Å². The molecular formula is C42H49ClN4O7Si. The summed E-state index contributed by atoms with van der Waals surface area (Å²) in [7, 11) is 0.863. The van der Waals surface area contributed by atoms with Crippen LogP contribution in [0, 0.1) is 11.8 Å². The molecular weight excluding hydrogens is 736 g/mol. The van der Waals surface area contributed by atoms with Crippen LogP contribution in [0.3, 0.4) is 0 Å². The summed E-state index contributed by atoms with van der Waals surface area (Å²) < 4.78 is 25.9. The number of Topliss-reactive ketones (excluding diaryl/α,β-unsaturated/α-hetero) is 2. The van der Waals surface area contributed by atoms with Crippen molar-refractivity contribution in [1.82, 2.24) is 15.0 Å². The fourth-order valence-electron chi connectivity index (χ4n) is 8.01. The van der Waals surface area contributed by atoms with E-state index in [0.29, 0.717) is 30.1 Å². The van der Waals surface area contributed by atoms with Gasteiger partial charge in [0.15, 0.2) is 31.2 Å². The number of aliphatic hydroxyl groups excluding tert-OH is 1. The predicted molar refractivity (Wildman–Crippen MR) is 213 cm³/mol. The van der Waals surface area contributed by atoms with Crippen molar-refractivity contribution >= 4 is 43.1 Å². The SMILES string of the molecule is CCNc1nc(Cl)c2c(c1OCc1ccccc1)C(O)=C1C(=O)[C@]3(O[Si](C)(C)C(C)(C)C)C(=O)c4c(OCc5ccccc5)noc4[C@@H](N(C)C)[C@@H]3C[C@@H]1C2. The molecule has 3 aliphatic rings. The smallest absolute Gasteiger partial charge is 0.265 e. The molecule has 0 spiro atoms. The largest absolute Gasteiger partial charge is 0.507 e. The molecule has 2 aromatic carbocycles. The minimum atomic E-state index is -2.91. The second kappa shape index (κ2) is 14.5. The number of hydrogen-bond donors (Lipinski definition) is 2. The number of rotatable bonds is 11. The maximum Gasteiger partial charge on any atom is 0.265 e. The predicted octanol–water partition coefficient (Wildman–Crippen LogP) is 8.60. The van der Waals surface area contributed by atoms with Crippen LogP contribution in [0.4, 0.5) is 5.82 Å². The molecule has 2 aromatic heterocycles. The van der Waals surface area contributed by atoms with Crippen molar-refractivity contribution in [2.45, 2.75) is 83.5 Å². The Hall–Kier alpha value is -4.49. The molecule has 13 heteroatoms. The number of fused-ring (bicyclic) bond motifs is 4. The van der Waals surface area contributed by atoms with Gasteiger partial charge >= 0.3 is 0 Å². The zero-order chi connectivity index (χ0) is 39.4. The molecule has 11 nitrogen and oxygen atoms in total. The van der Waals surface area contributed by atoms with Gasteiger partial charge in [-0.3, -0.25) is 14.5 Å². The Balaban J connectivity index is 1.42. The van der Waals surface area contributed by atoms with Crippen LogP contribution in [0.25, 0.3) is 5.76 Å². The molecule has 0 saturated heterocycles. The summed E-state index contributed by atoms with van der Waals surface area (Å²) in [4.78, 5) is 37.9. The second-order valence-corrected chi connectivity index (χ2v) is 21.5. The molecule has 3 aliphatic carbocycles. The van der Waals surface area contributed by atoms with E-state index in [1.165, 1.54) is 0 Å². The lowest BCUT2D eigenvalue weighted by Gasteiger charge is -2.55. The van der Waals surface area contributed by atoms with Crippen LogP contribution in [0.1, 0.15) is 78.5 Å². The first kappa shape index (κ1) is 38.8. The van der Waals surface area contributed by atoms with Gasteiger partial charge in [0.05, 0.1) is 11.6 Å². The van der Waals surface area contributed by atoms with Crippen molar-refractivity contribution in [3.8, 4) is 11.6 Å². The summed E-state index contributed by atoms with van der Waals surface area (Å²) in [5.74, 6) is -1.71. The summed E-state index contributed by atoms with van der Waals surface area (Å²) >= 11 is 6.91. The highest BCUT2D eigenvalue weighted by Gasteiger charge is 2.69. The lowest BCUT2D eigenvalue weighted by Crippen LogP contribution is -2.68. The lowest BCUT2D eigenvalue weighted by molar-refractivity contribution is -0.140. The first-order valence-corrected chi connectivity index (χ1v) is 22.1. The molecule has 0 aliphatic heterocycles. The highest BCUT2D eigenvalue weighted by molar-refractivity contribution is 6.74. The number of carbonyl (C=O) groups is 2. The third kappa shape index (κ3) is 6.56. The van der Waals surface area contributed by atoms with Crippen molar-refractivity contribution in [1.29, 1.82) is 0 Å². The first-order chi connectivity index (χ1) is 26.1.